The van der Waals surface area contributed by atoms with Crippen LogP contribution in [0.4, 0.5) is 0 Å². The minimum Gasteiger partial charge on any atom is -2.00 e. The molecule has 0 atom stereocenters. The molecular formula is C87H145N11O23U4-24. The van der Waals surface area contributed by atoms with E-state index in [4.69, 9.17) is 0 Å². The number of benzene rings is 4. The van der Waals surface area contributed by atoms with Crippen LogP contribution in [0.3, 0.4) is 0 Å². The molecule has 4 rings (SSSR count). The summed E-state index contributed by atoms with van der Waals surface area (Å²) in [5, 5.41) is 77.6. The molecule has 0 radical (unpaired) electrons. The molecule has 0 aliphatic rings. The van der Waals surface area contributed by atoms with E-state index < -0.39 is 12.2 Å². The normalized spacial score (nSPS) is 10.8. The second-order valence-corrected chi connectivity index (χ2v) is 36.5. The van der Waals surface area contributed by atoms with E-state index in [1.807, 2.05) is 132 Å². The molecule has 0 unspecified atom stereocenters. The minimum absolute atomic E-state index is 0. The predicted molar refractivity (Wildman–Crippen MR) is 458 cm³/mol. The Morgan fingerprint density at radius 2 is 0.352 bits per heavy atom. The molecule has 34 nitrogen and oxygen atoms in total. The predicted octanol–water partition coefficient (Wildman–Crippen LogP) is 7.21. The first-order valence-electron chi connectivity index (χ1n) is 36.7. The Kier molecular flexibility index (Phi) is 105. The minimum atomic E-state index is -1.08. The van der Waals surface area contributed by atoms with Crippen LogP contribution in [-0.4, -0.2) is 252 Å². The molecule has 0 fully saturated rings. The van der Waals surface area contributed by atoms with Crippen molar-refractivity contribution in [2.75, 3.05) is 125 Å². The van der Waals surface area contributed by atoms with E-state index in [-0.39, 0.29) is 272 Å². The van der Waals surface area contributed by atoms with Crippen molar-refractivity contribution >= 4 is 69.7 Å². The van der Waals surface area contributed by atoms with Gasteiger partial charge in [0.15, 0.2) is 0 Å². The van der Waals surface area contributed by atoms with Crippen molar-refractivity contribution in [2.45, 2.75) is 222 Å². The quantitative estimate of drug-likeness (QED) is 0.0661. The molecule has 0 heterocycles. The van der Waals surface area contributed by atoms with Crippen LogP contribution in [0.5, 0.6) is 23.0 Å². The number of nitrogens with zero attached hydrogens (tertiary/aromatic N) is 11. The van der Waals surface area contributed by atoms with E-state index in [9.17, 15) is 64.2 Å². The van der Waals surface area contributed by atoms with Crippen molar-refractivity contribution in [3.05, 3.63) is 115 Å². The third-order valence-corrected chi connectivity index (χ3v) is 14.8. The fraction of sp³-hybridized carbons (Fsp3) is 0.598. The third kappa shape index (κ3) is 77.3. The van der Waals surface area contributed by atoms with Gasteiger partial charge in [-0.1, -0.05) is 250 Å². The van der Waals surface area contributed by atoms with Crippen LogP contribution in [0.1, 0.15) is 233 Å². The van der Waals surface area contributed by atoms with Gasteiger partial charge in [0.2, 0.25) is 44.9 Å². The average Bonchev–Trinajstić information content (AvgIpc) is 0.808. The molecule has 0 aromatic heterocycles. The molecular weight excluding hydrogens is 2520 g/mol. The van der Waals surface area contributed by atoms with Gasteiger partial charge in [0.25, 0.3) is 0 Å². The summed E-state index contributed by atoms with van der Waals surface area (Å²) in [5.74, 6) is -0.200. The molecule has 0 aliphatic heterocycles. The average molecular weight is 2670 g/mol. The Morgan fingerprint density at radius 3 is 0.432 bits per heavy atom. The van der Waals surface area contributed by atoms with Gasteiger partial charge in [-0.05, 0) is 110 Å². The second kappa shape index (κ2) is 78.6. The van der Waals surface area contributed by atoms with Gasteiger partial charge in [-0.25, -0.2) is 0 Å². The van der Waals surface area contributed by atoms with E-state index in [1.165, 1.54) is 59.2 Å². The largest absolute Gasteiger partial charge is 2.00 e. The molecule has 0 aliphatic carbocycles. The first-order chi connectivity index (χ1) is 50.1. The molecule has 0 spiro atoms. The maximum atomic E-state index is 13.1. The van der Waals surface area contributed by atoms with Gasteiger partial charge < -0.3 is 120 Å². The summed E-state index contributed by atoms with van der Waals surface area (Å²) in [4.78, 5) is 93.4. The SMILES string of the molecule is CC(C)(C)c1cc(C=NCC([O-])CN=Cc2cc(C(C)(C)C)cc(C(C)(C)C)c2[O-])c([O-])c(C(C)(C)C)c1.CC(C)(C)c1cc(C=NCC([O-])CN=Cc2cc(C(C)(C)C)cc(C(C)(C)C)c2[O-])c([O-])c(C(C)(C)C)c1.CN(C)C=O.CN(C)C=O.CN(C)C=O.CN(C)C=O.CN(C)C=O.CN(C)C=O.CN(C)C=O.[O-2].[O-2].[O-2].[O-2].[O-2].[O-2].[O-2].[O-2].[OH-].[OH-].[U].[U].[U].[U]. The fourth-order valence-electron chi connectivity index (χ4n) is 8.14. The number of hydrogen-bond donors (Lipinski definition) is 0. The van der Waals surface area contributed by atoms with Gasteiger partial charge >= 0.3 is 0 Å². The number of amides is 7. The molecule has 0 saturated carbocycles. The van der Waals surface area contributed by atoms with Crippen molar-refractivity contribution in [3.63, 3.8) is 0 Å². The third-order valence-electron chi connectivity index (χ3n) is 14.8. The van der Waals surface area contributed by atoms with E-state index in [0.29, 0.717) is 22.3 Å². The molecule has 726 valence electrons. The van der Waals surface area contributed by atoms with E-state index >= 15 is 0 Å². The zero-order valence-electron chi connectivity index (χ0n) is 81.3. The van der Waals surface area contributed by atoms with Crippen LogP contribution in [-0.2, 0) is 121 Å². The number of carbonyl (C=O) groups is 7. The number of aliphatic imine (C=N–C) groups is 4. The molecule has 125 heavy (non-hydrogen) atoms. The van der Waals surface area contributed by atoms with Crippen LogP contribution < -0.4 is 30.6 Å². The molecule has 4 aromatic rings. The van der Waals surface area contributed by atoms with Gasteiger partial charge in [0.05, 0.1) is 0 Å². The Bertz CT molecular complexity index is 3100. The summed E-state index contributed by atoms with van der Waals surface area (Å²) >= 11 is 0. The molecule has 0 saturated heterocycles. The maximum Gasteiger partial charge on any atom is 0.209 e. The van der Waals surface area contributed by atoms with Gasteiger partial charge in [-0.2, -0.15) is 0 Å². The van der Waals surface area contributed by atoms with Gasteiger partial charge in [0.1, 0.15) is 0 Å². The van der Waals surface area contributed by atoms with Crippen molar-refractivity contribution in [3.8, 4) is 23.0 Å². The number of carbonyl (C=O) groups excluding carboxylic acids is 7. The first kappa shape index (κ1) is 166. The van der Waals surface area contributed by atoms with Crippen LogP contribution in [0.2, 0.25) is 0 Å². The van der Waals surface area contributed by atoms with Crippen LogP contribution in [0.15, 0.2) is 68.5 Å². The van der Waals surface area contributed by atoms with E-state index in [0.717, 1.165) is 89.4 Å². The molecule has 38 heteroatoms. The van der Waals surface area contributed by atoms with Crippen molar-refractivity contribution in [1.82, 2.24) is 34.3 Å². The summed E-state index contributed by atoms with van der Waals surface area (Å²) in [7, 11) is 23.6. The summed E-state index contributed by atoms with van der Waals surface area (Å²) in [6.07, 6.45) is 9.21. The van der Waals surface area contributed by atoms with Gasteiger partial charge in [-0.3, -0.25) is 53.5 Å². The standard InChI is InChI=1S/2C33H49N2O3.7C3H7NO.2H2O.8O.4U/c2*1-30(2,3)23-13-21(28(37)26(15-23)32(7,8)9)17-34-19-25(36)20-35-18-22-14-24(31(4,5)6)16-27(29(22)38)33(10,11)12;7*1-4(2)3-5;;;;;;;;;;;;;;/h2*13-18,25,37-38H,19-20H2,1-12H3;7*3H,1-2H3;2*1H2;;;;;;;;;;;;/q2*-1;;;;;;;;;;8*-2;;;;/p-6. The number of rotatable bonds is 19. The topological polar surface area (TPSA) is 618 Å². The summed E-state index contributed by atoms with van der Waals surface area (Å²) in [6.45, 7) is 49.7. The fourth-order valence-corrected chi connectivity index (χ4v) is 8.14. The van der Waals surface area contributed by atoms with Crippen molar-refractivity contribution in [2.24, 2.45) is 20.0 Å². The summed E-state index contributed by atoms with van der Waals surface area (Å²) < 4.78 is 0. The molecule has 2 N–H and O–H groups in total. The summed E-state index contributed by atoms with van der Waals surface area (Å²) in [5.41, 5.74) is 7.57. The van der Waals surface area contributed by atoms with Gasteiger partial charge in [0, 0.05) is 274 Å². The van der Waals surface area contributed by atoms with Crippen LogP contribution >= 0.6 is 0 Å². The Hall–Kier alpha value is -5.22. The van der Waals surface area contributed by atoms with Crippen molar-refractivity contribution < 1.29 is 243 Å². The zero-order valence-corrected chi connectivity index (χ0v) is 98.0. The molecule has 7 amide bonds. The van der Waals surface area contributed by atoms with Crippen LogP contribution in [0, 0.1) is 124 Å². The Morgan fingerprint density at radius 1 is 0.248 bits per heavy atom. The second-order valence-electron chi connectivity index (χ2n) is 36.5. The smallest absolute Gasteiger partial charge is 0.209 e. The van der Waals surface area contributed by atoms with E-state index in [1.54, 1.807) is 98.7 Å². The molecule has 4 aromatic carbocycles. The Balaban J connectivity index is -0.0000000705. The number of hydrogen-bond acceptors (Lipinski definition) is 19. The Labute approximate surface area is 844 Å². The monoisotopic (exact) mass is 2660 g/mol. The first-order valence-corrected chi connectivity index (χ1v) is 36.7. The van der Waals surface area contributed by atoms with Crippen LogP contribution in [0.25, 0.3) is 0 Å². The van der Waals surface area contributed by atoms with Gasteiger partial charge in [-0.15, -0.1) is 0 Å². The zero-order chi connectivity index (χ0) is 88.5. The summed E-state index contributed by atoms with van der Waals surface area (Å²) in [6, 6.07) is 15.5. The maximum absolute atomic E-state index is 13.1. The molecule has 0 bridgehead atoms. The van der Waals surface area contributed by atoms with E-state index in [2.05, 4.69) is 103 Å². The van der Waals surface area contributed by atoms with Crippen molar-refractivity contribution in [1.29, 1.82) is 0 Å².